The van der Waals surface area contributed by atoms with E-state index in [4.69, 9.17) is 4.74 Å². The van der Waals surface area contributed by atoms with Gasteiger partial charge in [0.05, 0.1) is 11.4 Å². The molecule has 0 aromatic heterocycles. The molecule has 160 valence electrons. The number of amides is 1. The summed E-state index contributed by atoms with van der Waals surface area (Å²) in [5.74, 6) is 0.447. The second-order valence-corrected chi connectivity index (χ2v) is 9.58. The monoisotopic (exact) mass is 427 g/mol. The van der Waals surface area contributed by atoms with Crippen molar-refractivity contribution in [1.82, 2.24) is 4.31 Å². The number of carbonyl (C=O) groups is 1. The number of hydrogen-bond acceptors (Lipinski definition) is 4. The Morgan fingerprint density at radius 3 is 2.37 bits per heavy atom. The quantitative estimate of drug-likeness (QED) is 0.551. The van der Waals surface area contributed by atoms with Crippen molar-refractivity contribution in [2.75, 3.05) is 6.54 Å². The maximum atomic E-state index is 13.2. The van der Waals surface area contributed by atoms with Gasteiger partial charge in [-0.2, -0.15) is 4.31 Å². The molecule has 0 radical (unpaired) electrons. The van der Waals surface area contributed by atoms with Gasteiger partial charge in [0.1, 0.15) is 6.61 Å². The highest BCUT2D eigenvalue weighted by Crippen LogP contribution is 2.25. The average Bonchev–Trinajstić information content (AvgIpc) is 2.76. The van der Waals surface area contributed by atoms with Crippen molar-refractivity contribution < 1.29 is 17.9 Å². The Morgan fingerprint density at radius 1 is 1.03 bits per heavy atom. The molecule has 0 atom stereocenters. The van der Waals surface area contributed by atoms with Gasteiger partial charge in [-0.3, -0.25) is 0 Å². The van der Waals surface area contributed by atoms with Crippen molar-refractivity contribution in [3.8, 4) is 0 Å². The highest BCUT2D eigenvalue weighted by Gasteiger charge is 2.30. The van der Waals surface area contributed by atoms with Crippen molar-refractivity contribution in [2.24, 2.45) is 5.92 Å². The van der Waals surface area contributed by atoms with Crippen molar-refractivity contribution >= 4 is 16.1 Å². The molecule has 1 aliphatic rings. The van der Waals surface area contributed by atoms with Crippen molar-refractivity contribution in [3.63, 3.8) is 0 Å². The number of aryl methyl sites for hydroxylation is 1. The first-order chi connectivity index (χ1) is 14.5. The van der Waals surface area contributed by atoms with Crippen LogP contribution in [0, 0.1) is 12.8 Å². The van der Waals surface area contributed by atoms with Crippen LogP contribution in [0.3, 0.4) is 0 Å². The standard InChI is InChI=1S/C24H29NO4S/c1-20-14-16-23(17-15-20)30(27,28)25(18-8-13-21-9-4-2-5-10-21)24(26)29-19-22-11-6-3-7-12-22/h3,6-8,11-17,21H,2,4-5,9-10,18-19H2,1H3/b13-8-. The second-order valence-electron chi connectivity index (χ2n) is 7.72. The van der Waals surface area contributed by atoms with Crippen molar-refractivity contribution in [2.45, 2.75) is 50.5 Å². The van der Waals surface area contributed by atoms with Crippen LogP contribution < -0.4 is 0 Å². The van der Waals surface area contributed by atoms with Gasteiger partial charge < -0.3 is 4.74 Å². The van der Waals surface area contributed by atoms with E-state index in [2.05, 4.69) is 0 Å². The summed E-state index contributed by atoms with van der Waals surface area (Å²) >= 11 is 0. The number of rotatable bonds is 7. The summed E-state index contributed by atoms with van der Waals surface area (Å²) < 4.78 is 32.5. The minimum absolute atomic E-state index is 0.0198. The van der Waals surface area contributed by atoms with Gasteiger partial charge in [-0.1, -0.05) is 79.4 Å². The van der Waals surface area contributed by atoms with Gasteiger partial charge in [0, 0.05) is 0 Å². The first-order valence-corrected chi connectivity index (χ1v) is 11.9. The normalized spacial score (nSPS) is 15.2. The molecule has 0 unspecified atom stereocenters. The van der Waals surface area contributed by atoms with Crippen LogP contribution in [0.5, 0.6) is 0 Å². The Morgan fingerprint density at radius 2 is 1.70 bits per heavy atom. The predicted octanol–water partition coefficient (Wildman–Crippen LogP) is 5.46. The van der Waals surface area contributed by atoms with E-state index in [1.165, 1.54) is 31.4 Å². The molecule has 0 aliphatic heterocycles. The number of benzene rings is 2. The first-order valence-electron chi connectivity index (χ1n) is 10.4. The molecule has 3 rings (SSSR count). The molecule has 0 saturated heterocycles. The molecule has 0 spiro atoms. The van der Waals surface area contributed by atoms with E-state index in [1.54, 1.807) is 18.2 Å². The van der Waals surface area contributed by atoms with Crippen LogP contribution in [0.25, 0.3) is 0 Å². The number of carbonyl (C=O) groups excluding carboxylic acids is 1. The van der Waals surface area contributed by atoms with Gasteiger partial charge >= 0.3 is 6.09 Å². The van der Waals surface area contributed by atoms with E-state index in [9.17, 15) is 13.2 Å². The van der Waals surface area contributed by atoms with E-state index in [-0.39, 0.29) is 18.0 Å². The molecule has 1 saturated carbocycles. The fourth-order valence-electron chi connectivity index (χ4n) is 3.58. The average molecular weight is 428 g/mol. The van der Waals surface area contributed by atoms with Gasteiger partial charge in [-0.25, -0.2) is 13.2 Å². The Balaban J connectivity index is 1.76. The second kappa shape index (κ2) is 10.4. The van der Waals surface area contributed by atoms with E-state index in [0.717, 1.165) is 28.3 Å². The highest BCUT2D eigenvalue weighted by atomic mass is 32.2. The molecule has 0 N–H and O–H groups in total. The van der Waals surface area contributed by atoms with Crippen LogP contribution in [0.1, 0.15) is 43.2 Å². The molecule has 2 aromatic carbocycles. The third kappa shape index (κ3) is 5.95. The number of sulfonamides is 1. The Bertz CT molecular complexity index is 946. The zero-order chi connectivity index (χ0) is 21.4. The summed E-state index contributed by atoms with van der Waals surface area (Å²) in [5, 5.41) is 0. The Hall–Kier alpha value is -2.60. The minimum Gasteiger partial charge on any atom is -0.444 e. The summed E-state index contributed by atoms with van der Waals surface area (Å²) in [6.45, 7) is 1.86. The van der Waals surface area contributed by atoms with Gasteiger partial charge in [0.25, 0.3) is 10.0 Å². The summed E-state index contributed by atoms with van der Waals surface area (Å²) in [6, 6.07) is 15.7. The van der Waals surface area contributed by atoms with E-state index < -0.39 is 16.1 Å². The molecular formula is C24H29NO4S. The number of hydrogen-bond donors (Lipinski definition) is 0. The lowest BCUT2D eigenvalue weighted by Crippen LogP contribution is -2.37. The maximum Gasteiger partial charge on any atom is 0.424 e. The van der Waals surface area contributed by atoms with Crippen molar-refractivity contribution in [3.05, 3.63) is 77.9 Å². The lowest BCUT2D eigenvalue weighted by atomic mass is 9.89. The molecule has 30 heavy (non-hydrogen) atoms. The van der Waals surface area contributed by atoms with Crippen LogP contribution in [-0.2, 0) is 21.4 Å². The zero-order valence-electron chi connectivity index (χ0n) is 17.4. The predicted molar refractivity (Wildman–Crippen MR) is 117 cm³/mol. The largest absolute Gasteiger partial charge is 0.444 e. The molecule has 6 heteroatoms. The molecule has 0 bridgehead atoms. The number of allylic oxidation sites excluding steroid dienone is 1. The number of ether oxygens (including phenoxy) is 1. The van der Waals surface area contributed by atoms with E-state index >= 15 is 0 Å². The van der Waals surface area contributed by atoms with Crippen LogP contribution >= 0.6 is 0 Å². The number of nitrogens with zero attached hydrogens (tertiary/aromatic N) is 1. The van der Waals surface area contributed by atoms with Gasteiger partial charge in [-0.05, 0) is 43.4 Å². The third-order valence-electron chi connectivity index (χ3n) is 5.35. The molecular weight excluding hydrogens is 398 g/mol. The molecule has 5 nitrogen and oxygen atoms in total. The Kier molecular flexibility index (Phi) is 7.69. The van der Waals surface area contributed by atoms with Crippen LogP contribution in [0.15, 0.2) is 71.6 Å². The summed E-state index contributed by atoms with van der Waals surface area (Å²) in [5.41, 5.74) is 1.75. The van der Waals surface area contributed by atoms with Gasteiger partial charge in [0.2, 0.25) is 0 Å². The van der Waals surface area contributed by atoms with Crippen LogP contribution in [0.4, 0.5) is 4.79 Å². The van der Waals surface area contributed by atoms with Crippen LogP contribution in [-0.4, -0.2) is 25.4 Å². The van der Waals surface area contributed by atoms with Crippen molar-refractivity contribution in [1.29, 1.82) is 0 Å². The summed E-state index contributed by atoms with van der Waals surface area (Å²) in [4.78, 5) is 12.9. The maximum absolute atomic E-state index is 13.2. The molecule has 1 aliphatic carbocycles. The minimum atomic E-state index is -4.02. The lowest BCUT2D eigenvalue weighted by Gasteiger charge is -2.22. The summed E-state index contributed by atoms with van der Waals surface area (Å²) in [6.07, 6.45) is 8.82. The topological polar surface area (TPSA) is 63.7 Å². The molecule has 1 amide bonds. The molecule has 0 heterocycles. The fourth-order valence-corrected chi connectivity index (χ4v) is 4.84. The lowest BCUT2D eigenvalue weighted by molar-refractivity contribution is 0.121. The molecule has 1 fully saturated rings. The smallest absolute Gasteiger partial charge is 0.424 e. The van der Waals surface area contributed by atoms with Gasteiger partial charge in [-0.15, -0.1) is 0 Å². The Labute approximate surface area is 179 Å². The molecule has 2 aromatic rings. The van der Waals surface area contributed by atoms with Gasteiger partial charge in [0.15, 0.2) is 0 Å². The summed E-state index contributed by atoms with van der Waals surface area (Å²) in [7, 11) is -4.02. The SMILES string of the molecule is Cc1ccc(S(=O)(=O)N(C/C=C\C2CCCCC2)C(=O)OCc2ccccc2)cc1. The highest BCUT2D eigenvalue weighted by molar-refractivity contribution is 7.89. The van der Waals surface area contributed by atoms with E-state index in [1.807, 2.05) is 43.3 Å². The van der Waals surface area contributed by atoms with Crippen LogP contribution in [0.2, 0.25) is 0 Å². The fraction of sp³-hybridized carbons (Fsp3) is 0.375. The third-order valence-corrected chi connectivity index (χ3v) is 7.09. The van der Waals surface area contributed by atoms with E-state index in [0.29, 0.717) is 5.92 Å². The first kappa shape index (κ1) is 22.1. The zero-order valence-corrected chi connectivity index (χ0v) is 18.2.